The second-order valence-electron chi connectivity index (χ2n) is 4.24. The van der Waals surface area contributed by atoms with Crippen LogP contribution in [-0.4, -0.2) is 4.98 Å². The van der Waals surface area contributed by atoms with Crippen LogP contribution in [-0.2, 0) is 11.9 Å². The van der Waals surface area contributed by atoms with Gasteiger partial charge in [-0.05, 0) is 31.2 Å². The van der Waals surface area contributed by atoms with E-state index in [0.29, 0.717) is 22.5 Å². The van der Waals surface area contributed by atoms with E-state index in [1.807, 2.05) is 19.1 Å². The monoisotopic (exact) mass is 350 g/mol. The third kappa shape index (κ3) is 3.50. The molecule has 2 aromatic rings. The summed E-state index contributed by atoms with van der Waals surface area (Å²) in [7, 11) is 0. The summed E-state index contributed by atoms with van der Waals surface area (Å²) >= 11 is 9.51. The number of nitriles is 1. The van der Waals surface area contributed by atoms with Gasteiger partial charge in [0.15, 0.2) is 0 Å². The van der Waals surface area contributed by atoms with Crippen molar-refractivity contribution in [2.24, 2.45) is 0 Å². The third-order valence-electron chi connectivity index (χ3n) is 2.76. The molecule has 20 heavy (non-hydrogen) atoms. The largest absolute Gasteiger partial charge is 0.487 e. The molecular weight excluding hydrogens is 340 g/mol. The molecule has 0 aliphatic rings. The number of hydrogen-bond donors (Lipinski definition) is 0. The van der Waals surface area contributed by atoms with Gasteiger partial charge in [0, 0.05) is 21.6 Å². The molecule has 5 heteroatoms. The second kappa shape index (κ2) is 6.74. The van der Waals surface area contributed by atoms with Crippen LogP contribution < -0.4 is 4.74 Å². The maximum absolute atomic E-state index is 8.80. The van der Waals surface area contributed by atoms with Crippen LogP contribution in [0.25, 0.3) is 0 Å². The molecule has 1 heterocycles. The van der Waals surface area contributed by atoms with Gasteiger partial charge >= 0.3 is 0 Å². The third-order valence-corrected chi connectivity index (χ3v) is 3.65. The van der Waals surface area contributed by atoms with Crippen LogP contribution in [0.1, 0.15) is 22.5 Å². The summed E-state index contributed by atoms with van der Waals surface area (Å²) in [6, 6.07) is 11.0. The van der Waals surface area contributed by atoms with Gasteiger partial charge in [-0.3, -0.25) is 4.98 Å². The minimum Gasteiger partial charge on any atom is -0.487 e. The number of nitrogens with zero attached hydrogens (tertiary/aromatic N) is 2. The van der Waals surface area contributed by atoms with Crippen molar-refractivity contribution in [1.29, 1.82) is 5.26 Å². The number of ether oxygens (including phenoxy) is 1. The van der Waals surface area contributed by atoms with Gasteiger partial charge in [0.05, 0.1) is 17.3 Å². The van der Waals surface area contributed by atoms with E-state index >= 15 is 0 Å². The molecule has 0 aliphatic heterocycles. The van der Waals surface area contributed by atoms with Gasteiger partial charge in [0.25, 0.3) is 0 Å². The molecule has 0 N–H and O–H groups in total. The Morgan fingerprint density at radius 3 is 2.80 bits per heavy atom. The number of hydrogen-bond acceptors (Lipinski definition) is 3. The molecule has 0 saturated carbocycles. The average molecular weight is 352 g/mol. The maximum Gasteiger partial charge on any atom is 0.142 e. The van der Waals surface area contributed by atoms with Crippen LogP contribution in [0.15, 0.2) is 30.3 Å². The van der Waals surface area contributed by atoms with Crippen LogP contribution >= 0.6 is 27.5 Å². The first kappa shape index (κ1) is 14.8. The summed E-state index contributed by atoms with van der Waals surface area (Å²) in [5, 5.41) is 9.96. The normalized spacial score (nSPS) is 10.1. The molecular formula is C15H12BrClN2O. The fraction of sp³-hybridized carbons (Fsp3) is 0.200. The zero-order chi connectivity index (χ0) is 14.5. The predicted molar refractivity (Wildman–Crippen MR) is 82.1 cm³/mol. The molecule has 3 nitrogen and oxygen atoms in total. The van der Waals surface area contributed by atoms with E-state index in [9.17, 15) is 0 Å². The lowest BCUT2D eigenvalue weighted by molar-refractivity contribution is 0.302. The van der Waals surface area contributed by atoms with Crippen LogP contribution in [0, 0.1) is 18.3 Å². The van der Waals surface area contributed by atoms with Crippen molar-refractivity contribution in [2.45, 2.75) is 18.9 Å². The molecule has 0 radical (unpaired) electrons. The Kier molecular flexibility index (Phi) is 4.99. The fourth-order valence-corrected chi connectivity index (χ4v) is 2.35. The Bertz CT molecular complexity index is 667. The highest BCUT2D eigenvalue weighted by Gasteiger charge is 2.07. The lowest BCUT2D eigenvalue weighted by Crippen LogP contribution is -2.01. The van der Waals surface area contributed by atoms with Crippen LogP contribution in [0.3, 0.4) is 0 Å². The van der Waals surface area contributed by atoms with Crippen LogP contribution in [0.5, 0.6) is 5.75 Å². The summed E-state index contributed by atoms with van der Waals surface area (Å²) in [5.41, 5.74) is 3.18. The molecule has 2 rings (SSSR count). The SMILES string of the molecule is Cc1ccc(OCc2ccc(C#N)cc2Cl)c(CBr)n1. The van der Waals surface area contributed by atoms with E-state index in [4.69, 9.17) is 21.6 Å². The van der Waals surface area contributed by atoms with Gasteiger partial charge in [-0.2, -0.15) is 5.26 Å². The van der Waals surface area contributed by atoms with E-state index in [0.717, 1.165) is 22.7 Å². The fourth-order valence-electron chi connectivity index (χ4n) is 1.71. The van der Waals surface area contributed by atoms with Crippen molar-refractivity contribution >= 4 is 27.5 Å². The minimum absolute atomic E-state index is 0.343. The van der Waals surface area contributed by atoms with Gasteiger partial charge in [-0.25, -0.2) is 0 Å². The first-order valence-corrected chi connectivity index (χ1v) is 7.48. The van der Waals surface area contributed by atoms with Crippen molar-refractivity contribution in [3.05, 3.63) is 57.9 Å². The van der Waals surface area contributed by atoms with E-state index in [-0.39, 0.29) is 0 Å². The minimum atomic E-state index is 0.343. The Labute approximate surface area is 131 Å². The number of halogens is 2. The Morgan fingerprint density at radius 1 is 1.35 bits per heavy atom. The zero-order valence-corrected chi connectivity index (χ0v) is 13.2. The molecule has 0 bridgehead atoms. The van der Waals surface area contributed by atoms with Crippen molar-refractivity contribution in [3.8, 4) is 11.8 Å². The number of aromatic nitrogens is 1. The number of rotatable bonds is 4. The average Bonchev–Trinajstić information content (AvgIpc) is 2.46. The topological polar surface area (TPSA) is 45.9 Å². The van der Waals surface area contributed by atoms with Crippen molar-refractivity contribution < 1.29 is 4.74 Å². The standard InChI is InChI=1S/C15H12BrClN2O/c1-10-2-5-15(14(7-16)19-10)20-9-12-4-3-11(8-18)6-13(12)17/h2-6H,7,9H2,1H3. The Morgan fingerprint density at radius 2 is 2.15 bits per heavy atom. The highest BCUT2D eigenvalue weighted by atomic mass is 79.9. The molecule has 0 atom stereocenters. The van der Waals surface area contributed by atoms with E-state index < -0.39 is 0 Å². The van der Waals surface area contributed by atoms with Gasteiger partial charge in [0.2, 0.25) is 0 Å². The Hall–Kier alpha value is -1.57. The Balaban J connectivity index is 2.15. The number of benzene rings is 1. The first-order chi connectivity index (χ1) is 9.63. The maximum atomic E-state index is 8.80. The lowest BCUT2D eigenvalue weighted by atomic mass is 10.1. The summed E-state index contributed by atoms with van der Waals surface area (Å²) in [4.78, 5) is 4.41. The van der Waals surface area contributed by atoms with Crippen LogP contribution in [0.4, 0.5) is 0 Å². The van der Waals surface area contributed by atoms with Crippen molar-refractivity contribution in [3.63, 3.8) is 0 Å². The van der Waals surface area contributed by atoms with Gasteiger partial charge < -0.3 is 4.74 Å². The van der Waals surface area contributed by atoms with Gasteiger partial charge in [-0.1, -0.05) is 33.6 Å². The first-order valence-electron chi connectivity index (χ1n) is 5.98. The highest BCUT2D eigenvalue weighted by molar-refractivity contribution is 9.08. The zero-order valence-electron chi connectivity index (χ0n) is 10.9. The highest BCUT2D eigenvalue weighted by Crippen LogP contribution is 2.23. The summed E-state index contributed by atoms with van der Waals surface area (Å²) < 4.78 is 5.76. The van der Waals surface area contributed by atoms with Crippen molar-refractivity contribution in [1.82, 2.24) is 4.98 Å². The molecule has 102 valence electrons. The van der Waals surface area contributed by atoms with Crippen molar-refractivity contribution in [2.75, 3.05) is 0 Å². The molecule has 0 amide bonds. The molecule has 0 spiro atoms. The smallest absolute Gasteiger partial charge is 0.142 e. The number of aryl methyl sites for hydroxylation is 1. The van der Waals surface area contributed by atoms with E-state index in [2.05, 4.69) is 27.0 Å². The van der Waals surface area contributed by atoms with Gasteiger partial charge in [-0.15, -0.1) is 0 Å². The molecule has 1 aromatic carbocycles. The summed E-state index contributed by atoms with van der Waals surface area (Å²) in [6.45, 7) is 2.28. The van der Waals surface area contributed by atoms with Crippen LogP contribution in [0.2, 0.25) is 5.02 Å². The second-order valence-corrected chi connectivity index (χ2v) is 5.21. The number of pyridine rings is 1. The predicted octanol–water partition coefficient (Wildman–Crippen LogP) is 4.39. The molecule has 0 saturated heterocycles. The molecule has 0 fully saturated rings. The quantitative estimate of drug-likeness (QED) is 0.767. The number of alkyl halides is 1. The summed E-state index contributed by atoms with van der Waals surface area (Å²) in [6.07, 6.45) is 0. The molecule has 0 aliphatic carbocycles. The van der Waals surface area contributed by atoms with E-state index in [1.54, 1.807) is 18.2 Å². The van der Waals surface area contributed by atoms with Gasteiger partial charge in [0.1, 0.15) is 12.4 Å². The van der Waals surface area contributed by atoms with E-state index in [1.165, 1.54) is 0 Å². The molecule has 1 aromatic heterocycles. The molecule has 0 unspecified atom stereocenters. The lowest BCUT2D eigenvalue weighted by Gasteiger charge is -2.11. The summed E-state index contributed by atoms with van der Waals surface area (Å²) in [5.74, 6) is 0.730.